The second-order valence-electron chi connectivity index (χ2n) is 5.56. The summed E-state index contributed by atoms with van der Waals surface area (Å²) in [6, 6.07) is 10.6. The first-order chi connectivity index (χ1) is 12.0. The summed E-state index contributed by atoms with van der Waals surface area (Å²) < 4.78 is 0. The Kier molecular flexibility index (Phi) is 4.99. The monoisotopic (exact) mass is 356 g/mol. The van der Waals surface area contributed by atoms with Gasteiger partial charge in [-0.2, -0.15) is 0 Å². The van der Waals surface area contributed by atoms with Crippen molar-refractivity contribution in [2.24, 2.45) is 0 Å². The van der Waals surface area contributed by atoms with Gasteiger partial charge >= 0.3 is 0 Å². The lowest BCUT2D eigenvalue weighted by atomic mass is 10.0. The van der Waals surface area contributed by atoms with Crippen molar-refractivity contribution in [2.75, 3.05) is 11.1 Å². The van der Waals surface area contributed by atoms with Crippen molar-refractivity contribution in [3.8, 4) is 0 Å². The van der Waals surface area contributed by atoms with Gasteiger partial charge in [0.15, 0.2) is 0 Å². The van der Waals surface area contributed by atoms with Gasteiger partial charge < -0.3 is 11.1 Å². The number of anilines is 2. The molecule has 4 N–H and O–H groups in total. The Morgan fingerprint density at radius 2 is 2.12 bits per heavy atom. The first-order valence-corrected chi connectivity index (χ1v) is 8.49. The molecule has 1 fully saturated rings. The van der Waals surface area contributed by atoms with Gasteiger partial charge in [0.25, 0.3) is 5.24 Å². The Labute approximate surface area is 148 Å². The number of nitrogens with zero attached hydrogens (tertiary/aromatic N) is 1. The fraction of sp³-hybridized carbons (Fsp3) is 0.176. The molecule has 1 unspecified atom stereocenters. The lowest BCUT2D eigenvalue weighted by Crippen LogP contribution is -2.25. The molecule has 0 spiro atoms. The van der Waals surface area contributed by atoms with Crippen LogP contribution in [0.15, 0.2) is 42.6 Å². The number of carbonyl (C=O) groups is 3. The summed E-state index contributed by atoms with van der Waals surface area (Å²) >= 11 is 0.979. The number of nitrogens with two attached hydrogens (primary N) is 1. The van der Waals surface area contributed by atoms with Crippen LogP contribution in [0.1, 0.15) is 11.1 Å². The molecule has 25 heavy (non-hydrogen) atoms. The molecule has 8 heteroatoms. The number of rotatable bonds is 5. The molecule has 2 aromatic rings. The fourth-order valence-electron chi connectivity index (χ4n) is 2.47. The van der Waals surface area contributed by atoms with E-state index in [0.717, 1.165) is 17.3 Å². The highest BCUT2D eigenvalue weighted by Crippen LogP contribution is 2.24. The zero-order chi connectivity index (χ0) is 17.8. The molecule has 1 aromatic heterocycles. The number of hydrogen-bond donors (Lipinski definition) is 3. The zero-order valence-electron chi connectivity index (χ0n) is 13.2. The average Bonchev–Trinajstić information content (AvgIpc) is 2.88. The highest BCUT2D eigenvalue weighted by molar-refractivity contribution is 8.15. The largest absolute Gasteiger partial charge is 0.398 e. The van der Waals surface area contributed by atoms with Crippen LogP contribution in [0.4, 0.5) is 16.3 Å². The predicted octanol–water partition coefficient (Wildman–Crippen LogP) is 1.74. The third kappa shape index (κ3) is 4.36. The number of thioether (sulfide) groups is 1. The standard InChI is InChI=1S/C17H16N4O3S/c18-12-7-10(8-13-16(23)21-17(24)25-13)4-5-11(12)9-15(22)20-14-3-1-2-6-19-14/h1-7,13H,8-9,18H2,(H,19,20,22)(H,21,23,24). The van der Waals surface area contributed by atoms with E-state index < -0.39 is 5.25 Å². The van der Waals surface area contributed by atoms with Gasteiger partial charge in [0.2, 0.25) is 11.8 Å². The molecule has 128 valence electrons. The number of aromatic nitrogens is 1. The van der Waals surface area contributed by atoms with Crippen LogP contribution in [0.25, 0.3) is 0 Å². The van der Waals surface area contributed by atoms with Crippen LogP contribution in [-0.4, -0.2) is 27.3 Å². The molecule has 1 aliphatic heterocycles. The molecule has 3 amide bonds. The summed E-state index contributed by atoms with van der Waals surface area (Å²) in [6.07, 6.45) is 2.13. The number of carbonyl (C=O) groups excluding carboxylic acids is 3. The van der Waals surface area contributed by atoms with E-state index in [9.17, 15) is 14.4 Å². The number of nitrogen functional groups attached to an aromatic ring is 1. The molecule has 1 atom stereocenters. The number of benzene rings is 1. The van der Waals surface area contributed by atoms with Gasteiger partial charge in [-0.15, -0.1) is 0 Å². The number of hydrogen-bond acceptors (Lipinski definition) is 6. The van der Waals surface area contributed by atoms with E-state index in [2.05, 4.69) is 15.6 Å². The third-order valence-electron chi connectivity index (χ3n) is 3.68. The van der Waals surface area contributed by atoms with Crippen molar-refractivity contribution in [2.45, 2.75) is 18.1 Å². The minimum atomic E-state index is -0.440. The highest BCUT2D eigenvalue weighted by atomic mass is 32.2. The highest BCUT2D eigenvalue weighted by Gasteiger charge is 2.31. The van der Waals surface area contributed by atoms with E-state index in [-0.39, 0.29) is 23.5 Å². The van der Waals surface area contributed by atoms with Gasteiger partial charge in [-0.1, -0.05) is 30.0 Å². The first-order valence-electron chi connectivity index (χ1n) is 7.61. The van der Waals surface area contributed by atoms with Crippen molar-refractivity contribution in [3.63, 3.8) is 0 Å². The minimum Gasteiger partial charge on any atom is -0.398 e. The lowest BCUT2D eigenvalue weighted by Gasteiger charge is -2.10. The van der Waals surface area contributed by atoms with Crippen LogP contribution in [0.2, 0.25) is 0 Å². The Morgan fingerprint density at radius 3 is 2.76 bits per heavy atom. The van der Waals surface area contributed by atoms with E-state index in [1.165, 1.54) is 0 Å². The number of pyridine rings is 1. The van der Waals surface area contributed by atoms with Crippen LogP contribution in [0, 0.1) is 0 Å². The molecule has 0 radical (unpaired) electrons. The Hall–Kier alpha value is -2.87. The maximum atomic E-state index is 12.1. The molecule has 1 saturated heterocycles. The number of amides is 3. The minimum absolute atomic E-state index is 0.125. The summed E-state index contributed by atoms with van der Waals surface area (Å²) in [4.78, 5) is 38.9. The Balaban J connectivity index is 1.62. The average molecular weight is 356 g/mol. The maximum Gasteiger partial charge on any atom is 0.286 e. The van der Waals surface area contributed by atoms with Crippen molar-refractivity contribution in [3.05, 3.63) is 53.7 Å². The molecule has 0 aliphatic carbocycles. The summed E-state index contributed by atoms with van der Waals surface area (Å²) in [7, 11) is 0. The summed E-state index contributed by atoms with van der Waals surface area (Å²) in [5.41, 5.74) is 8.04. The van der Waals surface area contributed by atoms with Crippen molar-refractivity contribution >= 4 is 40.3 Å². The number of imide groups is 1. The van der Waals surface area contributed by atoms with E-state index in [1.807, 2.05) is 6.07 Å². The molecular weight excluding hydrogens is 340 g/mol. The molecule has 3 rings (SSSR count). The third-order valence-corrected chi connectivity index (χ3v) is 4.66. The smallest absolute Gasteiger partial charge is 0.286 e. The first kappa shape index (κ1) is 17.0. The maximum absolute atomic E-state index is 12.1. The molecule has 2 heterocycles. The molecule has 7 nitrogen and oxygen atoms in total. The molecule has 0 bridgehead atoms. The van der Waals surface area contributed by atoms with Gasteiger partial charge in [-0.25, -0.2) is 4.98 Å². The van der Waals surface area contributed by atoms with Crippen molar-refractivity contribution in [1.82, 2.24) is 10.3 Å². The normalized spacial score (nSPS) is 16.6. The fourth-order valence-corrected chi connectivity index (χ4v) is 3.33. The zero-order valence-corrected chi connectivity index (χ0v) is 14.0. The predicted molar refractivity (Wildman–Crippen MR) is 96.0 cm³/mol. The van der Waals surface area contributed by atoms with Crippen LogP contribution in [0.3, 0.4) is 0 Å². The van der Waals surface area contributed by atoms with E-state index in [0.29, 0.717) is 23.5 Å². The summed E-state index contributed by atoms with van der Waals surface area (Å²) in [6.45, 7) is 0. The Morgan fingerprint density at radius 1 is 1.28 bits per heavy atom. The van der Waals surface area contributed by atoms with Gasteiger partial charge in [0, 0.05) is 11.9 Å². The van der Waals surface area contributed by atoms with E-state index in [4.69, 9.17) is 5.73 Å². The van der Waals surface area contributed by atoms with Crippen LogP contribution < -0.4 is 16.4 Å². The van der Waals surface area contributed by atoms with Crippen molar-refractivity contribution < 1.29 is 14.4 Å². The van der Waals surface area contributed by atoms with Crippen molar-refractivity contribution in [1.29, 1.82) is 0 Å². The van der Waals surface area contributed by atoms with Gasteiger partial charge in [-0.05, 0) is 35.7 Å². The van der Waals surface area contributed by atoms with E-state index >= 15 is 0 Å². The van der Waals surface area contributed by atoms with Crippen LogP contribution in [0.5, 0.6) is 0 Å². The second-order valence-corrected chi connectivity index (χ2v) is 6.74. The molecule has 1 aliphatic rings. The number of nitrogens with one attached hydrogen (secondary N) is 2. The topological polar surface area (TPSA) is 114 Å². The lowest BCUT2D eigenvalue weighted by molar-refractivity contribution is -0.119. The quantitative estimate of drug-likeness (QED) is 0.703. The second kappa shape index (κ2) is 7.35. The van der Waals surface area contributed by atoms with Gasteiger partial charge in [-0.3, -0.25) is 19.7 Å². The van der Waals surface area contributed by atoms with Gasteiger partial charge in [0.05, 0.1) is 11.7 Å². The van der Waals surface area contributed by atoms with Gasteiger partial charge in [0.1, 0.15) is 5.82 Å². The molecular formula is C17H16N4O3S. The SMILES string of the molecule is Nc1cc(CC2SC(=O)NC2=O)ccc1CC(=O)Nc1ccccn1. The van der Waals surface area contributed by atoms with Crippen LogP contribution in [-0.2, 0) is 22.4 Å². The Bertz CT molecular complexity index is 826. The van der Waals surface area contributed by atoms with Crippen LogP contribution >= 0.6 is 11.8 Å². The summed E-state index contributed by atoms with van der Waals surface area (Å²) in [5.74, 6) is -0.0153. The molecule has 1 aromatic carbocycles. The summed E-state index contributed by atoms with van der Waals surface area (Å²) in [5, 5.41) is 4.19. The van der Waals surface area contributed by atoms with E-state index in [1.54, 1.807) is 36.5 Å². The molecule has 0 saturated carbocycles.